The molecule has 1 aromatic carbocycles. The topological polar surface area (TPSA) is 67.6 Å². The highest BCUT2D eigenvalue weighted by molar-refractivity contribution is 5.99. The number of anilines is 1. The fourth-order valence-electron chi connectivity index (χ4n) is 2.95. The molecule has 0 radical (unpaired) electrons. The second-order valence-electron chi connectivity index (χ2n) is 5.44. The Morgan fingerprint density at radius 1 is 1.45 bits per heavy atom. The van der Waals surface area contributed by atoms with Gasteiger partial charge in [0.15, 0.2) is 6.10 Å². The molecular weight excluding hydrogens is 282 g/mol. The number of phenolic OH excluding ortho intramolecular Hbond substituents is 1. The van der Waals surface area contributed by atoms with Crippen LogP contribution in [0.2, 0.25) is 0 Å². The number of aromatic hydroxyl groups is 1. The SMILES string of the molecule is COC(C(=O)N1CCCc2cccc(O)c21)c1cnn(C)c1. The smallest absolute Gasteiger partial charge is 0.260 e. The molecule has 2 aromatic rings. The van der Waals surface area contributed by atoms with Crippen LogP contribution in [0.15, 0.2) is 30.6 Å². The van der Waals surface area contributed by atoms with Gasteiger partial charge in [-0.1, -0.05) is 12.1 Å². The normalized spacial score (nSPS) is 15.5. The molecule has 6 nitrogen and oxygen atoms in total. The molecule has 0 spiro atoms. The van der Waals surface area contributed by atoms with Gasteiger partial charge in [0, 0.05) is 32.5 Å². The summed E-state index contributed by atoms with van der Waals surface area (Å²) in [7, 11) is 3.30. The van der Waals surface area contributed by atoms with Crippen LogP contribution in [-0.2, 0) is 23.0 Å². The predicted molar refractivity (Wildman–Crippen MR) is 81.7 cm³/mol. The fraction of sp³-hybridized carbons (Fsp3) is 0.375. The van der Waals surface area contributed by atoms with Crippen LogP contribution < -0.4 is 4.90 Å². The molecule has 1 aromatic heterocycles. The number of para-hydroxylation sites is 1. The van der Waals surface area contributed by atoms with E-state index in [1.165, 1.54) is 7.11 Å². The zero-order chi connectivity index (χ0) is 15.7. The molecule has 1 aliphatic rings. The highest BCUT2D eigenvalue weighted by Gasteiger charge is 2.32. The van der Waals surface area contributed by atoms with Crippen molar-refractivity contribution < 1.29 is 14.6 Å². The summed E-state index contributed by atoms with van der Waals surface area (Å²) in [6.45, 7) is 0.573. The number of hydrogen-bond donors (Lipinski definition) is 1. The van der Waals surface area contributed by atoms with Crippen molar-refractivity contribution in [3.63, 3.8) is 0 Å². The summed E-state index contributed by atoms with van der Waals surface area (Å²) < 4.78 is 7.03. The highest BCUT2D eigenvalue weighted by Crippen LogP contribution is 2.37. The van der Waals surface area contributed by atoms with E-state index in [9.17, 15) is 9.90 Å². The van der Waals surface area contributed by atoms with Crippen molar-refractivity contribution in [1.29, 1.82) is 0 Å². The maximum atomic E-state index is 12.9. The van der Waals surface area contributed by atoms with E-state index in [2.05, 4.69) is 5.10 Å². The van der Waals surface area contributed by atoms with Crippen LogP contribution in [0.5, 0.6) is 5.75 Å². The third-order valence-electron chi connectivity index (χ3n) is 3.95. The molecule has 1 amide bonds. The van der Waals surface area contributed by atoms with Gasteiger partial charge >= 0.3 is 0 Å². The first-order chi connectivity index (χ1) is 10.6. The third kappa shape index (κ3) is 2.46. The summed E-state index contributed by atoms with van der Waals surface area (Å²) >= 11 is 0. The lowest BCUT2D eigenvalue weighted by molar-refractivity contribution is -0.128. The Morgan fingerprint density at radius 2 is 2.27 bits per heavy atom. The predicted octanol–water partition coefficient (Wildman–Crippen LogP) is 1.79. The number of ether oxygens (including phenoxy) is 1. The van der Waals surface area contributed by atoms with Crippen LogP contribution in [0.4, 0.5) is 5.69 Å². The number of fused-ring (bicyclic) bond motifs is 1. The number of hydrogen-bond acceptors (Lipinski definition) is 4. The summed E-state index contributed by atoms with van der Waals surface area (Å²) in [6, 6.07) is 5.35. The lowest BCUT2D eigenvalue weighted by atomic mass is 10.00. The Bertz CT molecular complexity index is 696. The third-order valence-corrected chi connectivity index (χ3v) is 3.95. The van der Waals surface area contributed by atoms with E-state index in [0.29, 0.717) is 17.8 Å². The van der Waals surface area contributed by atoms with E-state index in [-0.39, 0.29) is 11.7 Å². The number of carbonyl (C=O) groups is 1. The van der Waals surface area contributed by atoms with Gasteiger partial charge in [-0.2, -0.15) is 5.10 Å². The first-order valence-electron chi connectivity index (χ1n) is 7.25. The van der Waals surface area contributed by atoms with Gasteiger partial charge in [-0.3, -0.25) is 9.48 Å². The highest BCUT2D eigenvalue weighted by atomic mass is 16.5. The molecular formula is C16H19N3O3. The second kappa shape index (κ2) is 5.81. The number of rotatable bonds is 3. The number of phenols is 1. The molecule has 0 aliphatic carbocycles. The Hall–Kier alpha value is -2.34. The molecule has 0 bridgehead atoms. The molecule has 2 heterocycles. The van der Waals surface area contributed by atoms with Crippen molar-refractivity contribution in [2.24, 2.45) is 7.05 Å². The van der Waals surface area contributed by atoms with Crippen LogP contribution in [0.1, 0.15) is 23.7 Å². The Morgan fingerprint density at radius 3 is 2.95 bits per heavy atom. The molecule has 1 aliphatic heterocycles. The Balaban J connectivity index is 1.96. The van der Waals surface area contributed by atoms with Crippen LogP contribution in [0.25, 0.3) is 0 Å². The molecule has 6 heteroatoms. The quantitative estimate of drug-likeness (QED) is 0.938. The summed E-state index contributed by atoms with van der Waals surface area (Å²) in [5, 5.41) is 14.2. The maximum absolute atomic E-state index is 12.9. The average molecular weight is 301 g/mol. The van der Waals surface area contributed by atoms with Crippen molar-refractivity contribution >= 4 is 11.6 Å². The molecule has 1 N–H and O–H groups in total. The first kappa shape index (κ1) is 14.6. The Kier molecular flexibility index (Phi) is 3.85. The number of aryl methyl sites for hydroxylation is 2. The van der Waals surface area contributed by atoms with Crippen LogP contribution in [0, 0.1) is 0 Å². The zero-order valence-electron chi connectivity index (χ0n) is 12.7. The van der Waals surface area contributed by atoms with Gasteiger partial charge in [-0.05, 0) is 24.5 Å². The summed E-state index contributed by atoms with van der Waals surface area (Å²) in [4.78, 5) is 14.5. The van der Waals surface area contributed by atoms with Gasteiger partial charge in [-0.15, -0.1) is 0 Å². The Labute approximate surface area is 128 Å². The largest absolute Gasteiger partial charge is 0.506 e. The number of carbonyl (C=O) groups excluding carboxylic acids is 1. The lowest BCUT2D eigenvalue weighted by Crippen LogP contribution is -2.39. The van der Waals surface area contributed by atoms with Crippen molar-refractivity contribution in [3.8, 4) is 5.75 Å². The minimum Gasteiger partial charge on any atom is -0.506 e. The molecule has 22 heavy (non-hydrogen) atoms. The molecule has 1 atom stereocenters. The molecule has 0 saturated carbocycles. The van der Waals surface area contributed by atoms with Crippen molar-refractivity contribution in [1.82, 2.24) is 9.78 Å². The lowest BCUT2D eigenvalue weighted by Gasteiger charge is -2.32. The minimum absolute atomic E-state index is 0.131. The monoisotopic (exact) mass is 301 g/mol. The average Bonchev–Trinajstić information content (AvgIpc) is 2.94. The number of amides is 1. The van der Waals surface area contributed by atoms with E-state index in [1.54, 1.807) is 41.2 Å². The van der Waals surface area contributed by atoms with Gasteiger partial charge in [0.05, 0.1) is 11.9 Å². The standard InChI is InChI=1S/C16H19N3O3/c1-18-10-12(9-17-18)15(22-2)16(21)19-8-4-6-11-5-3-7-13(20)14(11)19/h3,5,7,9-10,15,20H,4,6,8H2,1-2H3. The molecule has 0 saturated heterocycles. The fourth-order valence-corrected chi connectivity index (χ4v) is 2.95. The number of methoxy groups -OCH3 is 1. The van der Waals surface area contributed by atoms with Gasteiger partial charge < -0.3 is 14.7 Å². The summed E-state index contributed by atoms with van der Waals surface area (Å²) in [5.74, 6) is -0.0514. The van der Waals surface area contributed by atoms with E-state index in [4.69, 9.17) is 4.74 Å². The first-order valence-corrected chi connectivity index (χ1v) is 7.25. The molecule has 0 fully saturated rings. The van der Waals surface area contributed by atoms with Gasteiger partial charge in [0.25, 0.3) is 5.91 Å². The maximum Gasteiger partial charge on any atom is 0.260 e. The van der Waals surface area contributed by atoms with E-state index in [1.807, 2.05) is 6.07 Å². The van der Waals surface area contributed by atoms with Crippen LogP contribution in [-0.4, -0.2) is 34.4 Å². The summed E-state index contributed by atoms with van der Waals surface area (Å²) in [6.07, 6.45) is 4.40. The van der Waals surface area contributed by atoms with Crippen molar-refractivity contribution in [2.75, 3.05) is 18.6 Å². The number of benzene rings is 1. The molecule has 1 unspecified atom stereocenters. The van der Waals surface area contributed by atoms with E-state index in [0.717, 1.165) is 18.4 Å². The van der Waals surface area contributed by atoms with Crippen molar-refractivity contribution in [2.45, 2.75) is 18.9 Å². The molecule has 116 valence electrons. The number of aromatic nitrogens is 2. The van der Waals surface area contributed by atoms with Gasteiger partial charge in [-0.25, -0.2) is 0 Å². The molecule has 3 rings (SSSR count). The zero-order valence-corrected chi connectivity index (χ0v) is 12.7. The number of nitrogens with zero attached hydrogens (tertiary/aromatic N) is 3. The van der Waals surface area contributed by atoms with E-state index >= 15 is 0 Å². The summed E-state index contributed by atoms with van der Waals surface area (Å²) in [5.41, 5.74) is 2.29. The van der Waals surface area contributed by atoms with Gasteiger partial charge in [0.2, 0.25) is 0 Å². The second-order valence-corrected chi connectivity index (χ2v) is 5.44. The van der Waals surface area contributed by atoms with Gasteiger partial charge in [0.1, 0.15) is 5.75 Å². The van der Waals surface area contributed by atoms with Crippen LogP contribution in [0.3, 0.4) is 0 Å². The minimum atomic E-state index is -0.723. The van der Waals surface area contributed by atoms with Crippen LogP contribution >= 0.6 is 0 Å². The van der Waals surface area contributed by atoms with Crippen molar-refractivity contribution in [3.05, 3.63) is 41.7 Å². The van der Waals surface area contributed by atoms with E-state index < -0.39 is 6.10 Å².